The molecule has 0 unspecified atom stereocenters. The van der Waals surface area contributed by atoms with E-state index in [1.807, 2.05) is 0 Å². The minimum Gasteiger partial charge on any atom is -0.368 e. The Balaban J connectivity index is 1.85. The predicted octanol–water partition coefficient (Wildman–Crippen LogP) is 1.64. The fourth-order valence-corrected chi connectivity index (χ4v) is 2.15. The molecule has 0 fully saturated rings. The molecule has 2 N–H and O–H groups in total. The Bertz CT molecular complexity index is 687. The first-order chi connectivity index (χ1) is 9.92. The molecule has 0 aliphatic carbocycles. The normalized spacial score (nSPS) is 11.1. The van der Waals surface area contributed by atoms with Crippen molar-refractivity contribution in [3.63, 3.8) is 0 Å². The van der Waals surface area contributed by atoms with Gasteiger partial charge in [0.1, 0.15) is 11.6 Å². The maximum atomic E-state index is 12.7. The zero-order valence-corrected chi connectivity index (χ0v) is 12.2. The largest absolute Gasteiger partial charge is 0.368 e. The van der Waals surface area contributed by atoms with Crippen LogP contribution in [-0.4, -0.2) is 31.4 Å². The van der Waals surface area contributed by atoms with Gasteiger partial charge in [0.25, 0.3) is 0 Å². The van der Waals surface area contributed by atoms with Crippen molar-refractivity contribution in [2.45, 2.75) is 6.42 Å². The van der Waals surface area contributed by atoms with Gasteiger partial charge in [0.15, 0.2) is 5.82 Å². The summed E-state index contributed by atoms with van der Waals surface area (Å²) in [5.41, 5.74) is 1.01. The third-order valence-corrected chi connectivity index (χ3v) is 3.17. The third kappa shape index (κ3) is 5.35. The second-order valence-corrected chi connectivity index (χ2v) is 6.23. The highest BCUT2D eigenvalue weighted by Crippen LogP contribution is 2.08. The lowest BCUT2D eigenvalue weighted by molar-refractivity contribution is 0.606. The lowest BCUT2D eigenvalue weighted by Gasteiger charge is -2.06. The number of sulfonamides is 1. The summed E-state index contributed by atoms with van der Waals surface area (Å²) < 4.78 is 37.0. The maximum absolute atomic E-state index is 12.7. The minimum absolute atomic E-state index is 0.168. The molecule has 0 saturated carbocycles. The van der Waals surface area contributed by atoms with Crippen molar-refractivity contribution in [2.75, 3.05) is 22.8 Å². The molecule has 2 rings (SSSR count). The van der Waals surface area contributed by atoms with E-state index in [9.17, 15) is 12.8 Å². The molecule has 1 heterocycles. The van der Waals surface area contributed by atoms with E-state index in [0.717, 1.165) is 11.8 Å². The van der Waals surface area contributed by atoms with Crippen molar-refractivity contribution in [2.24, 2.45) is 0 Å². The van der Waals surface area contributed by atoms with Gasteiger partial charge in [0.05, 0.1) is 6.26 Å². The van der Waals surface area contributed by atoms with Crippen LogP contribution in [0.15, 0.2) is 36.4 Å². The summed E-state index contributed by atoms with van der Waals surface area (Å²) in [5, 5.41) is 10.7. The summed E-state index contributed by atoms with van der Waals surface area (Å²) in [4.78, 5) is 0. The molecule has 0 bridgehead atoms. The molecule has 2 aromatic rings. The molecule has 8 heteroatoms. The molecule has 1 aromatic carbocycles. The molecule has 112 valence electrons. The molecule has 6 nitrogen and oxygen atoms in total. The molecule has 0 spiro atoms. The number of nitrogens with one attached hydrogen (secondary N) is 2. The molecule has 0 aliphatic heterocycles. The van der Waals surface area contributed by atoms with E-state index in [1.165, 1.54) is 18.2 Å². The van der Waals surface area contributed by atoms with Gasteiger partial charge in [-0.15, -0.1) is 10.2 Å². The monoisotopic (exact) mass is 310 g/mol. The quantitative estimate of drug-likeness (QED) is 0.847. The van der Waals surface area contributed by atoms with Gasteiger partial charge in [-0.3, -0.25) is 4.72 Å². The Morgan fingerprint density at radius 3 is 2.24 bits per heavy atom. The smallest absolute Gasteiger partial charge is 0.231 e. The second kappa shape index (κ2) is 6.49. The standard InChI is InChI=1S/C13H15FN4O2S/c1-21(19,20)18-13-7-6-12(16-17-13)15-9-8-10-2-4-11(14)5-3-10/h2-7H,8-9H2,1H3,(H,15,16)(H,17,18). The number of nitrogens with zero attached hydrogens (tertiary/aromatic N) is 2. The van der Waals surface area contributed by atoms with Crippen LogP contribution in [0.5, 0.6) is 0 Å². The number of halogens is 1. The summed E-state index contributed by atoms with van der Waals surface area (Å²) in [6, 6.07) is 9.44. The molecule has 0 amide bonds. The van der Waals surface area contributed by atoms with Crippen molar-refractivity contribution in [3.8, 4) is 0 Å². The van der Waals surface area contributed by atoms with Crippen LogP contribution in [0.25, 0.3) is 0 Å². The van der Waals surface area contributed by atoms with Crippen LogP contribution in [-0.2, 0) is 16.4 Å². The summed E-state index contributed by atoms with van der Waals surface area (Å²) >= 11 is 0. The number of aromatic nitrogens is 2. The van der Waals surface area contributed by atoms with Gasteiger partial charge in [-0.1, -0.05) is 12.1 Å². The SMILES string of the molecule is CS(=O)(=O)Nc1ccc(NCCc2ccc(F)cc2)nn1. The van der Waals surface area contributed by atoms with Crippen molar-refractivity contribution in [3.05, 3.63) is 47.8 Å². The van der Waals surface area contributed by atoms with Gasteiger partial charge in [0, 0.05) is 6.54 Å². The predicted molar refractivity (Wildman–Crippen MR) is 79.1 cm³/mol. The average molecular weight is 310 g/mol. The maximum Gasteiger partial charge on any atom is 0.231 e. The van der Waals surface area contributed by atoms with Gasteiger partial charge >= 0.3 is 0 Å². The Morgan fingerprint density at radius 2 is 1.67 bits per heavy atom. The van der Waals surface area contributed by atoms with Crippen LogP contribution in [0, 0.1) is 5.82 Å². The molecule has 1 aromatic heterocycles. The zero-order valence-electron chi connectivity index (χ0n) is 11.4. The molecule has 0 atom stereocenters. The van der Waals surface area contributed by atoms with Crippen molar-refractivity contribution in [1.29, 1.82) is 0 Å². The first kappa shape index (κ1) is 15.2. The van der Waals surface area contributed by atoms with Crippen molar-refractivity contribution >= 4 is 21.7 Å². The topological polar surface area (TPSA) is 84.0 Å². The van der Waals surface area contributed by atoms with Gasteiger partial charge in [-0.05, 0) is 36.2 Å². The highest BCUT2D eigenvalue weighted by atomic mass is 32.2. The van der Waals surface area contributed by atoms with Crippen LogP contribution in [0.2, 0.25) is 0 Å². The highest BCUT2D eigenvalue weighted by molar-refractivity contribution is 7.92. The van der Waals surface area contributed by atoms with Crippen molar-refractivity contribution < 1.29 is 12.8 Å². The second-order valence-electron chi connectivity index (χ2n) is 4.48. The van der Waals surface area contributed by atoms with Gasteiger partial charge in [-0.25, -0.2) is 12.8 Å². The van der Waals surface area contributed by atoms with E-state index in [1.54, 1.807) is 18.2 Å². The van der Waals surface area contributed by atoms with E-state index in [0.29, 0.717) is 18.8 Å². The van der Waals surface area contributed by atoms with Crippen LogP contribution in [0.3, 0.4) is 0 Å². The van der Waals surface area contributed by atoms with Gasteiger partial charge in [-0.2, -0.15) is 0 Å². The van der Waals surface area contributed by atoms with Crippen LogP contribution in [0.1, 0.15) is 5.56 Å². The molecular weight excluding hydrogens is 295 g/mol. The highest BCUT2D eigenvalue weighted by Gasteiger charge is 2.03. The summed E-state index contributed by atoms with van der Waals surface area (Å²) in [5.74, 6) is 0.448. The Labute approximate surface area is 122 Å². The summed E-state index contributed by atoms with van der Waals surface area (Å²) in [6.07, 6.45) is 1.76. The van der Waals surface area contributed by atoms with Gasteiger partial charge in [0.2, 0.25) is 10.0 Å². The number of hydrogen-bond donors (Lipinski definition) is 2. The minimum atomic E-state index is -3.35. The lowest BCUT2D eigenvalue weighted by Crippen LogP contribution is -2.12. The Kier molecular flexibility index (Phi) is 4.69. The number of hydrogen-bond acceptors (Lipinski definition) is 5. The molecule has 0 radical (unpaired) electrons. The lowest BCUT2D eigenvalue weighted by atomic mass is 10.1. The van der Waals surface area contributed by atoms with Gasteiger partial charge < -0.3 is 5.32 Å². The number of rotatable bonds is 6. The van der Waals surface area contributed by atoms with Crippen LogP contribution < -0.4 is 10.0 Å². The van der Waals surface area contributed by atoms with E-state index in [4.69, 9.17) is 0 Å². The van der Waals surface area contributed by atoms with Crippen molar-refractivity contribution in [1.82, 2.24) is 10.2 Å². The summed E-state index contributed by atoms with van der Waals surface area (Å²) in [7, 11) is -3.35. The molecule has 0 aliphatic rings. The van der Waals surface area contributed by atoms with Crippen LogP contribution in [0.4, 0.5) is 16.0 Å². The fraction of sp³-hybridized carbons (Fsp3) is 0.231. The number of anilines is 2. The molecule has 0 saturated heterocycles. The summed E-state index contributed by atoms with van der Waals surface area (Å²) in [6.45, 7) is 0.610. The van der Waals surface area contributed by atoms with E-state index >= 15 is 0 Å². The Hall–Kier alpha value is -2.22. The first-order valence-corrected chi connectivity index (χ1v) is 8.11. The number of benzene rings is 1. The van der Waals surface area contributed by atoms with Crippen LogP contribution >= 0.6 is 0 Å². The average Bonchev–Trinajstić information content (AvgIpc) is 2.41. The molecular formula is C13H15FN4O2S. The molecule has 21 heavy (non-hydrogen) atoms. The van der Waals surface area contributed by atoms with E-state index < -0.39 is 10.0 Å². The zero-order chi connectivity index (χ0) is 15.3. The third-order valence-electron chi connectivity index (χ3n) is 2.59. The van der Waals surface area contributed by atoms with E-state index in [-0.39, 0.29) is 11.6 Å². The van der Waals surface area contributed by atoms with E-state index in [2.05, 4.69) is 20.2 Å². The first-order valence-electron chi connectivity index (χ1n) is 6.22. The fourth-order valence-electron chi connectivity index (χ4n) is 1.66. The Morgan fingerprint density at radius 1 is 1.05 bits per heavy atom.